The molecule has 1 unspecified atom stereocenters. The zero-order valence-electron chi connectivity index (χ0n) is 9.82. The summed E-state index contributed by atoms with van der Waals surface area (Å²) in [6, 6.07) is 0.191. The van der Waals surface area contributed by atoms with Crippen molar-refractivity contribution in [1.29, 1.82) is 0 Å². The first kappa shape index (κ1) is 12.9. The van der Waals surface area contributed by atoms with E-state index in [9.17, 15) is 4.79 Å². The molecule has 0 amide bonds. The van der Waals surface area contributed by atoms with E-state index in [0.717, 1.165) is 16.6 Å². The molecular weight excluding hydrogens is 226 g/mol. The molecule has 90 valence electrons. The number of rotatable bonds is 6. The van der Waals surface area contributed by atoms with E-state index in [4.69, 9.17) is 4.74 Å². The van der Waals surface area contributed by atoms with Crippen LogP contribution in [0.5, 0.6) is 0 Å². The highest BCUT2D eigenvalue weighted by Crippen LogP contribution is 2.15. The molecule has 0 aliphatic heterocycles. The van der Waals surface area contributed by atoms with Crippen LogP contribution in [0.3, 0.4) is 0 Å². The zero-order chi connectivity index (χ0) is 12.0. The van der Waals surface area contributed by atoms with Gasteiger partial charge in [0.1, 0.15) is 5.01 Å². The number of carbonyl (C=O) groups is 1. The number of ether oxygens (including phenoxy) is 1. The second kappa shape index (κ2) is 6.42. The number of aromatic nitrogens is 2. The molecule has 0 bridgehead atoms. The number of anilines is 1. The number of hydrogen-bond donors (Lipinski definition) is 1. The van der Waals surface area contributed by atoms with Gasteiger partial charge in [-0.05, 0) is 27.2 Å². The monoisotopic (exact) mass is 243 g/mol. The van der Waals surface area contributed by atoms with E-state index in [-0.39, 0.29) is 12.0 Å². The summed E-state index contributed by atoms with van der Waals surface area (Å²) in [5, 5.41) is 12.8. The van der Waals surface area contributed by atoms with Crippen molar-refractivity contribution in [2.45, 2.75) is 39.7 Å². The number of carbonyl (C=O) groups excluding carboxylic acids is 1. The van der Waals surface area contributed by atoms with Crippen LogP contribution in [0, 0.1) is 6.92 Å². The predicted octanol–water partition coefficient (Wildman–Crippen LogP) is 1.99. The largest absolute Gasteiger partial charge is 0.466 e. The Morgan fingerprint density at radius 2 is 2.31 bits per heavy atom. The van der Waals surface area contributed by atoms with Gasteiger partial charge in [-0.15, -0.1) is 10.2 Å². The second-order valence-electron chi connectivity index (χ2n) is 3.52. The average Bonchev–Trinajstić information content (AvgIpc) is 2.61. The van der Waals surface area contributed by atoms with Gasteiger partial charge in [0.2, 0.25) is 5.13 Å². The van der Waals surface area contributed by atoms with Gasteiger partial charge in [0.15, 0.2) is 0 Å². The van der Waals surface area contributed by atoms with Crippen LogP contribution in [0.4, 0.5) is 5.13 Å². The van der Waals surface area contributed by atoms with Crippen LogP contribution in [-0.2, 0) is 9.53 Å². The Kier molecular flexibility index (Phi) is 5.18. The fourth-order valence-corrected chi connectivity index (χ4v) is 1.91. The van der Waals surface area contributed by atoms with Gasteiger partial charge in [-0.25, -0.2) is 0 Å². The molecule has 0 aliphatic rings. The molecule has 1 aromatic rings. The van der Waals surface area contributed by atoms with Crippen molar-refractivity contribution in [3.63, 3.8) is 0 Å². The van der Waals surface area contributed by atoms with Crippen molar-refractivity contribution in [2.75, 3.05) is 11.9 Å². The van der Waals surface area contributed by atoms with Crippen LogP contribution < -0.4 is 5.32 Å². The van der Waals surface area contributed by atoms with E-state index in [1.807, 2.05) is 20.8 Å². The van der Waals surface area contributed by atoms with Crippen molar-refractivity contribution in [1.82, 2.24) is 10.2 Å². The smallest absolute Gasteiger partial charge is 0.305 e. The number of esters is 1. The third kappa shape index (κ3) is 4.57. The van der Waals surface area contributed by atoms with Crippen LogP contribution in [0.15, 0.2) is 0 Å². The van der Waals surface area contributed by atoms with Crippen molar-refractivity contribution >= 4 is 22.4 Å². The predicted molar refractivity (Wildman–Crippen MR) is 63.6 cm³/mol. The van der Waals surface area contributed by atoms with Crippen LogP contribution in [0.25, 0.3) is 0 Å². The van der Waals surface area contributed by atoms with Crippen LogP contribution in [0.1, 0.15) is 31.7 Å². The summed E-state index contributed by atoms with van der Waals surface area (Å²) in [7, 11) is 0. The molecule has 0 fully saturated rings. The van der Waals surface area contributed by atoms with E-state index in [1.165, 1.54) is 11.3 Å². The standard InChI is InChI=1S/C10H17N3O2S/c1-4-15-9(14)6-5-7(2)11-10-13-12-8(3)16-10/h7H,4-6H2,1-3H3,(H,11,13). The summed E-state index contributed by atoms with van der Waals surface area (Å²) in [4.78, 5) is 11.1. The minimum atomic E-state index is -0.149. The molecule has 0 saturated carbocycles. The zero-order valence-corrected chi connectivity index (χ0v) is 10.6. The van der Waals surface area contributed by atoms with E-state index in [2.05, 4.69) is 15.5 Å². The van der Waals surface area contributed by atoms with Gasteiger partial charge in [-0.2, -0.15) is 0 Å². The molecule has 0 aromatic carbocycles. The quantitative estimate of drug-likeness (QED) is 0.774. The van der Waals surface area contributed by atoms with Crippen LogP contribution >= 0.6 is 11.3 Å². The summed E-state index contributed by atoms with van der Waals surface area (Å²) < 4.78 is 4.85. The summed E-state index contributed by atoms with van der Waals surface area (Å²) >= 11 is 1.51. The van der Waals surface area contributed by atoms with Gasteiger partial charge in [-0.3, -0.25) is 4.79 Å². The molecule has 1 rings (SSSR count). The number of nitrogens with zero attached hydrogens (tertiary/aromatic N) is 2. The van der Waals surface area contributed by atoms with E-state index in [1.54, 1.807) is 0 Å². The maximum atomic E-state index is 11.1. The van der Waals surface area contributed by atoms with Crippen molar-refractivity contribution in [3.05, 3.63) is 5.01 Å². The summed E-state index contributed by atoms with van der Waals surface area (Å²) in [5.74, 6) is -0.149. The SMILES string of the molecule is CCOC(=O)CCC(C)Nc1nnc(C)s1. The third-order valence-electron chi connectivity index (χ3n) is 1.98. The second-order valence-corrected chi connectivity index (χ2v) is 4.70. The van der Waals surface area contributed by atoms with Crippen molar-refractivity contribution in [2.24, 2.45) is 0 Å². The maximum absolute atomic E-state index is 11.1. The molecule has 5 nitrogen and oxygen atoms in total. The molecule has 1 N–H and O–H groups in total. The third-order valence-corrected chi connectivity index (χ3v) is 2.75. The lowest BCUT2D eigenvalue weighted by molar-refractivity contribution is -0.143. The van der Waals surface area contributed by atoms with Crippen LogP contribution in [-0.4, -0.2) is 28.8 Å². The molecule has 6 heteroatoms. The Balaban J connectivity index is 2.25. The van der Waals surface area contributed by atoms with Gasteiger partial charge < -0.3 is 10.1 Å². The number of hydrogen-bond acceptors (Lipinski definition) is 6. The van der Waals surface area contributed by atoms with Gasteiger partial charge in [0.25, 0.3) is 0 Å². The van der Waals surface area contributed by atoms with Crippen molar-refractivity contribution in [3.8, 4) is 0 Å². The fourth-order valence-electron chi connectivity index (χ4n) is 1.21. The molecule has 0 radical (unpaired) electrons. The maximum Gasteiger partial charge on any atom is 0.305 e. The first-order valence-electron chi connectivity index (χ1n) is 5.34. The number of aryl methyl sites for hydroxylation is 1. The van der Waals surface area contributed by atoms with Crippen LogP contribution in [0.2, 0.25) is 0 Å². The lowest BCUT2D eigenvalue weighted by Gasteiger charge is -2.11. The fraction of sp³-hybridized carbons (Fsp3) is 0.700. The first-order valence-corrected chi connectivity index (χ1v) is 6.15. The number of nitrogens with one attached hydrogen (secondary N) is 1. The minimum absolute atomic E-state index is 0.149. The molecule has 0 saturated heterocycles. The Morgan fingerprint density at radius 1 is 1.56 bits per heavy atom. The lowest BCUT2D eigenvalue weighted by atomic mass is 10.2. The Labute approximate surface area is 99.2 Å². The molecule has 16 heavy (non-hydrogen) atoms. The Morgan fingerprint density at radius 3 is 2.88 bits per heavy atom. The highest BCUT2D eigenvalue weighted by molar-refractivity contribution is 7.15. The summed E-state index contributed by atoms with van der Waals surface area (Å²) in [5.41, 5.74) is 0. The highest BCUT2D eigenvalue weighted by atomic mass is 32.1. The van der Waals surface area contributed by atoms with Gasteiger partial charge >= 0.3 is 5.97 Å². The van der Waals surface area contributed by atoms with E-state index >= 15 is 0 Å². The Hall–Kier alpha value is -1.17. The minimum Gasteiger partial charge on any atom is -0.466 e. The van der Waals surface area contributed by atoms with E-state index < -0.39 is 0 Å². The van der Waals surface area contributed by atoms with Crippen molar-refractivity contribution < 1.29 is 9.53 Å². The normalized spacial score (nSPS) is 12.2. The molecule has 1 aromatic heterocycles. The first-order chi connectivity index (χ1) is 7.61. The molecule has 1 atom stereocenters. The lowest BCUT2D eigenvalue weighted by Crippen LogP contribution is -2.17. The summed E-state index contributed by atoms with van der Waals surface area (Å²) in [6.45, 7) is 6.17. The Bertz CT molecular complexity index is 341. The molecular formula is C10H17N3O2S. The highest BCUT2D eigenvalue weighted by Gasteiger charge is 2.09. The topological polar surface area (TPSA) is 64.1 Å². The summed E-state index contributed by atoms with van der Waals surface area (Å²) in [6.07, 6.45) is 1.16. The average molecular weight is 243 g/mol. The van der Waals surface area contributed by atoms with Gasteiger partial charge in [0, 0.05) is 12.5 Å². The molecule has 0 aliphatic carbocycles. The molecule has 1 heterocycles. The molecule has 0 spiro atoms. The van der Waals surface area contributed by atoms with Gasteiger partial charge in [0.05, 0.1) is 6.61 Å². The van der Waals surface area contributed by atoms with Gasteiger partial charge in [-0.1, -0.05) is 11.3 Å². The van der Waals surface area contributed by atoms with E-state index in [0.29, 0.717) is 13.0 Å².